The lowest BCUT2D eigenvalue weighted by Crippen LogP contribution is -2.01. The molecule has 0 N–H and O–H groups in total. The number of benzene rings is 1. The van der Waals surface area contributed by atoms with Gasteiger partial charge in [0, 0.05) is 24.9 Å². The summed E-state index contributed by atoms with van der Waals surface area (Å²) in [6, 6.07) is 3.20. The maximum absolute atomic E-state index is 10.9. The number of hydrogen-bond donors (Lipinski definition) is 0. The summed E-state index contributed by atoms with van der Waals surface area (Å²) < 4.78 is 7.39. The Balaban J connectivity index is 2.24. The Morgan fingerprint density at radius 1 is 1.42 bits per heavy atom. The van der Waals surface area contributed by atoms with Crippen molar-refractivity contribution < 1.29 is 9.66 Å². The van der Waals surface area contributed by atoms with Gasteiger partial charge in [0.2, 0.25) is 0 Å². The van der Waals surface area contributed by atoms with Crippen molar-refractivity contribution in [3.8, 4) is 5.75 Å². The second-order valence-corrected chi connectivity index (χ2v) is 4.42. The van der Waals surface area contributed by atoms with Crippen molar-refractivity contribution in [1.29, 1.82) is 0 Å². The normalized spacial score (nSPS) is 10.5. The molecule has 1 heterocycles. The highest BCUT2D eigenvalue weighted by Crippen LogP contribution is 2.31. The molecule has 0 aliphatic rings. The second kappa shape index (κ2) is 5.09. The average molecular weight is 261 g/mol. The van der Waals surface area contributed by atoms with Crippen LogP contribution in [0.25, 0.3) is 0 Å². The van der Waals surface area contributed by atoms with E-state index in [9.17, 15) is 10.1 Å². The van der Waals surface area contributed by atoms with E-state index in [1.54, 1.807) is 23.9 Å². The van der Waals surface area contributed by atoms with Crippen LogP contribution >= 0.6 is 0 Å². The number of aromatic nitrogens is 2. The van der Waals surface area contributed by atoms with E-state index < -0.39 is 4.92 Å². The van der Waals surface area contributed by atoms with Crippen LogP contribution in [0.5, 0.6) is 5.75 Å². The number of nitrogens with zero attached hydrogens (tertiary/aromatic N) is 3. The summed E-state index contributed by atoms with van der Waals surface area (Å²) in [5, 5.41) is 14.9. The molecule has 0 aliphatic heterocycles. The van der Waals surface area contributed by atoms with Crippen LogP contribution < -0.4 is 4.74 Å². The van der Waals surface area contributed by atoms with Crippen molar-refractivity contribution in [1.82, 2.24) is 9.78 Å². The lowest BCUT2D eigenvalue weighted by atomic mass is 10.1. The Hall–Kier alpha value is -2.37. The van der Waals surface area contributed by atoms with Crippen LogP contribution in [-0.2, 0) is 13.7 Å². The molecule has 0 saturated heterocycles. The summed E-state index contributed by atoms with van der Waals surface area (Å²) in [4.78, 5) is 10.5. The molecule has 6 heteroatoms. The lowest BCUT2D eigenvalue weighted by molar-refractivity contribution is -0.385. The molecule has 0 atom stereocenters. The van der Waals surface area contributed by atoms with Crippen LogP contribution in [-0.4, -0.2) is 14.7 Å². The van der Waals surface area contributed by atoms with E-state index in [2.05, 4.69) is 5.10 Å². The van der Waals surface area contributed by atoms with Crippen molar-refractivity contribution in [3.63, 3.8) is 0 Å². The fraction of sp³-hybridized carbons (Fsp3) is 0.308. The van der Waals surface area contributed by atoms with E-state index >= 15 is 0 Å². The standard InChI is InChI=1S/C13H15N3O3/c1-9-4-5-12(16(17)18)10(2)13(9)19-8-11-6-14-15(3)7-11/h4-7H,8H2,1-3H3. The summed E-state index contributed by atoms with van der Waals surface area (Å²) in [5.41, 5.74) is 2.43. The van der Waals surface area contributed by atoms with Gasteiger partial charge in [0.25, 0.3) is 5.69 Å². The molecule has 0 amide bonds. The van der Waals surface area contributed by atoms with Crippen molar-refractivity contribution in [2.75, 3.05) is 0 Å². The molecule has 0 fully saturated rings. The highest BCUT2D eigenvalue weighted by atomic mass is 16.6. The quantitative estimate of drug-likeness (QED) is 0.626. The van der Waals surface area contributed by atoms with Gasteiger partial charge >= 0.3 is 0 Å². The van der Waals surface area contributed by atoms with Gasteiger partial charge in [-0.15, -0.1) is 0 Å². The molecule has 0 spiro atoms. The first-order valence-electron chi connectivity index (χ1n) is 5.84. The summed E-state index contributed by atoms with van der Waals surface area (Å²) in [6.07, 6.45) is 3.56. The predicted octanol–water partition coefficient (Wildman–Crippen LogP) is 2.52. The molecule has 19 heavy (non-hydrogen) atoms. The molecule has 0 unspecified atom stereocenters. The van der Waals surface area contributed by atoms with Gasteiger partial charge in [-0.25, -0.2) is 0 Å². The van der Waals surface area contributed by atoms with E-state index in [0.29, 0.717) is 17.9 Å². The maximum atomic E-state index is 10.9. The van der Waals surface area contributed by atoms with Crippen LogP contribution in [0.1, 0.15) is 16.7 Å². The van der Waals surface area contributed by atoms with Crippen LogP contribution in [0.4, 0.5) is 5.69 Å². The lowest BCUT2D eigenvalue weighted by Gasteiger charge is -2.11. The molecule has 100 valence electrons. The second-order valence-electron chi connectivity index (χ2n) is 4.42. The van der Waals surface area contributed by atoms with Crippen molar-refractivity contribution in [3.05, 3.63) is 51.3 Å². The highest BCUT2D eigenvalue weighted by molar-refractivity contribution is 5.52. The number of nitro groups is 1. The fourth-order valence-electron chi connectivity index (χ4n) is 1.94. The molecule has 6 nitrogen and oxygen atoms in total. The maximum Gasteiger partial charge on any atom is 0.276 e. The van der Waals surface area contributed by atoms with E-state index in [1.165, 1.54) is 6.07 Å². The molecular weight excluding hydrogens is 246 g/mol. The van der Waals surface area contributed by atoms with Crippen LogP contribution in [0.2, 0.25) is 0 Å². The smallest absolute Gasteiger partial charge is 0.276 e. The zero-order valence-corrected chi connectivity index (χ0v) is 11.1. The highest BCUT2D eigenvalue weighted by Gasteiger charge is 2.16. The van der Waals surface area contributed by atoms with Gasteiger partial charge < -0.3 is 4.74 Å². The van der Waals surface area contributed by atoms with E-state index in [0.717, 1.165) is 11.1 Å². The van der Waals surface area contributed by atoms with Crippen molar-refractivity contribution >= 4 is 5.69 Å². The van der Waals surface area contributed by atoms with Gasteiger partial charge in [-0.3, -0.25) is 14.8 Å². The molecule has 2 aromatic rings. The Kier molecular flexibility index (Phi) is 3.50. The number of ether oxygens (including phenoxy) is 1. The SMILES string of the molecule is Cc1ccc([N+](=O)[O-])c(C)c1OCc1cnn(C)c1. The fourth-order valence-corrected chi connectivity index (χ4v) is 1.94. The molecule has 2 rings (SSSR count). The first-order valence-corrected chi connectivity index (χ1v) is 5.84. The minimum absolute atomic E-state index is 0.0757. The molecule has 0 bridgehead atoms. The number of aryl methyl sites for hydroxylation is 2. The third-order valence-corrected chi connectivity index (χ3v) is 2.91. The topological polar surface area (TPSA) is 70.2 Å². The third kappa shape index (κ3) is 2.73. The van der Waals surface area contributed by atoms with Gasteiger partial charge in [0.15, 0.2) is 0 Å². The van der Waals surface area contributed by atoms with Crippen LogP contribution in [0.3, 0.4) is 0 Å². The summed E-state index contributed by atoms with van der Waals surface area (Å²) in [7, 11) is 1.83. The summed E-state index contributed by atoms with van der Waals surface area (Å²) in [5.74, 6) is 0.568. The van der Waals surface area contributed by atoms with Crippen LogP contribution in [0.15, 0.2) is 24.5 Å². The van der Waals surface area contributed by atoms with Gasteiger partial charge in [-0.2, -0.15) is 5.10 Å². The van der Waals surface area contributed by atoms with Gasteiger partial charge in [0.1, 0.15) is 12.4 Å². The molecule has 0 radical (unpaired) electrons. The molecule has 1 aromatic heterocycles. The van der Waals surface area contributed by atoms with Crippen LogP contribution in [0, 0.1) is 24.0 Å². The number of rotatable bonds is 4. The first-order chi connectivity index (χ1) is 8.99. The molecule has 0 aliphatic carbocycles. The molecular formula is C13H15N3O3. The van der Waals surface area contributed by atoms with Gasteiger partial charge in [-0.05, 0) is 25.5 Å². The first kappa shape index (κ1) is 13.1. The Morgan fingerprint density at radius 3 is 2.74 bits per heavy atom. The Bertz CT molecular complexity index is 620. The van der Waals surface area contributed by atoms with Gasteiger partial charge in [0.05, 0.1) is 16.7 Å². The third-order valence-electron chi connectivity index (χ3n) is 2.91. The van der Waals surface area contributed by atoms with E-state index in [-0.39, 0.29) is 5.69 Å². The van der Waals surface area contributed by atoms with Gasteiger partial charge in [-0.1, -0.05) is 0 Å². The monoisotopic (exact) mass is 261 g/mol. The minimum Gasteiger partial charge on any atom is -0.488 e. The van der Waals surface area contributed by atoms with Crippen molar-refractivity contribution in [2.45, 2.75) is 20.5 Å². The Morgan fingerprint density at radius 2 is 2.16 bits per heavy atom. The average Bonchev–Trinajstić information content (AvgIpc) is 2.74. The number of hydrogen-bond acceptors (Lipinski definition) is 4. The van der Waals surface area contributed by atoms with Crippen molar-refractivity contribution in [2.24, 2.45) is 7.05 Å². The molecule has 1 aromatic carbocycles. The van der Waals surface area contributed by atoms with E-state index in [4.69, 9.17) is 4.74 Å². The number of nitro benzene ring substituents is 1. The summed E-state index contributed by atoms with van der Waals surface area (Å²) in [6.45, 7) is 3.91. The predicted molar refractivity (Wildman–Crippen MR) is 70.1 cm³/mol. The zero-order chi connectivity index (χ0) is 14.0. The zero-order valence-electron chi connectivity index (χ0n) is 11.1. The minimum atomic E-state index is -0.397. The largest absolute Gasteiger partial charge is 0.488 e. The molecule has 0 saturated carbocycles. The Labute approximate surface area is 110 Å². The summed E-state index contributed by atoms with van der Waals surface area (Å²) >= 11 is 0. The van der Waals surface area contributed by atoms with E-state index in [1.807, 2.05) is 20.2 Å².